The van der Waals surface area contributed by atoms with Crippen LogP contribution in [-0.2, 0) is 6.54 Å². The molecule has 0 fully saturated rings. The molecule has 0 aliphatic heterocycles. The lowest BCUT2D eigenvalue weighted by Gasteiger charge is -2.10. The number of nitrogens with one attached hydrogen (secondary N) is 2. The highest BCUT2D eigenvalue weighted by atomic mass is 35.5. The van der Waals surface area contributed by atoms with Gasteiger partial charge in [0.25, 0.3) is 11.5 Å². The number of aromatic amines is 1. The minimum absolute atomic E-state index is 0.171. The molecule has 1 amide bonds. The molecule has 0 spiro atoms. The summed E-state index contributed by atoms with van der Waals surface area (Å²) in [5.41, 5.74) is 3.41. The number of carbonyl (C=O) groups excluding carboxylic acids is 1. The van der Waals surface area contributed by atoms with Crippen LogP contribution in [0.15, 0.2) is 29.1 Å². The molecule has 110 valence electrons. The zero-order valence-corrected chi connectivity index (χ0v) is 13.0. The smallest absolute Gasteiger partial charge is 0.253 e. The monoisotopic (exact) mass is 304 g/mol. The summed E-state index contributed by atoms with van der Waals surface area (Å²) in [6.45, 7) is 5.71. The van der Waals surface area contributed by atoms with Crippen LogP contribution in [0.3, 0.4) is 0 Å². The van der Waals surface area contributed by atoms with Gasteiger partial charge in [-0.15, -0.1) is 0 Å². The van der Waals surface area contributed by atoms with Gasteiger partial charge >= 0.3 is 0 Å². The maximum atomic E-state index is 12.2. The molecule has 0 bridgehead atoms. The standard InChI is InChI=1S/C16H17ClN2O2/c1-9-4-5-12(17)7-13(9)15(20)18-8-14-10(2)6-11(3)19-16(14)21/h4-7H,8H2,1-3H3,(H,18,20)(H,19,21). The molecule has 0 atom stereocenters. The SMILES string of the molecule is Cc1cc(C)c(CNC(=O)c2cc(Cl)ccc2C)c(=O)[nH]1. The van der Waals surface area contributed by atoms with E-state index in [2.05, 4.69) is 10.3 Å². The minimum Gasteiger partial charge on any atom is -0.348 e. The summed E-state index contributed by atoms with van der Waals surface area (Å²) in [7, 11) is 0. The van der Waals surface area contributed by atoms with E-state index in [0.717, 1.165) is 16.8 Å². The van der Waals surface area contributed by atoms with Gasteiger partial charge in [0.15, 0.2) is 0 Å². The highest BCUT2D eigenvalue weighted by Crippen LogP contribution is 2.15. The summed E-state index contributed by atoms with van der Waals surface area (Å²) in [4.78, 5) is 26.8. The molecule has 1 aromatic carbocycles. The predicted octanol–water partition coefficient (Wildman–Crippen LogP) is 2.88. The highest BCUT2D eigenvalue weighted by Gasteiger charge is 2.11. The molecule has 1 aromatic heterocycles. The van der Waals surface area contributed by atoms with Crippen LogP contribution in [0, 0.1) is 20.8 Å². The lowest BCUT2D eigenvalue weighted by atomic mass is 10.1. The fourth-order valence-corrected chi connectivity index (χ4v) is 2.38. The predicted molar refractivity (Wildman–Crippen MR) is 83.9 cm³/mol. The summed E-state index contributed by atoms with van der Waals surface area (Å²) >= 11 is 5.91. The molecule has 4 nitrogen and oxygen atoms in total. The molecular formula is C16H17ClN2O2. The molecule has 0 unspecified atom stereocenters. The third-order valence-electron chi connectivity index (χ3n) is 3.36. The van der Waals surface area contributed by atoms with Gasteiger partial charge in [0, 0.05) is 28.4 Å². The van der Waals surface area contributed by atoms with Crippen LogP contribution in [0.2, 0.25) is 5.02 Å². The van der Waals surface area contributed by atoms with Gasteiger partial charge in [-0.2, -0.15) is 0 Å². The molecule has 2 N–H and O–H groups in total. The molecule has 2 aromatic rings. The average Bonchev–Trinajstić information content (AvgIpc) is 2.40. The Morgan fingerprint density at radius 3 is 2.57 bits per heavy atom. The lowest BCUT2D eigenvalue weighted by Crippen LogP contribution is -2.28. The van der Waals surface area contributed by atoms with Crippen molar-refractivity contribution in [2.45, 2.75) is 27.3 Å². The fraction of sp³-hybridized carbons (Fsp3) is 0.250. The first-order chi connectivity index (χ1) is 9.88. The van der Waals surface area contributed by atoms with Crippen molar-refractivity contribution < 1.29 is 4.79 Å². The number of carbonyl (C=O) groups is 1. The molecule has 0 radical (unpaired) electrons. The largest absolute Gasteiger partial charge is 0.348 e. The highest BCUT2D eigenvalue weighted by molar-refractivity contribution is 6.31. The van der Waals surface area contributed by atoms with Crippen LogP contribution in [0.4, 0.5) is 0 Å². The van der Waals surface area contributed by atoms with Crippen LogP contribution in [0.25, 0.3) is 0 Å². The Morgan fingerprint density at radius 1 is 1.19 bits per heavy atom. The van der Waals surface area contributed by atoms with Crippen molar-refractivity contribution in [1.82, 2.24) is 10.3 Å². The van der Waals surface area contributed by atoms with Crippen LogP contribution in [0.1, 0.15) is 32.7 Å². The Labute approximate surface area is 128 Å². The first-order valence-electron chi connectivity index (χ1n) is 6.62. The minimum atomic E-state index is -0.241. The summed E-state index contributed by atoms with van der Waals surface area (Å²) in [6, 6.07) is 7.04. The second-order valence-electron chi connectivity index (χ2n) is 5.08. The van der Waals surface area contributed by atoms with Crippen molar-refractivity contribution in [2.75, 3.05) is 0 Å². The van der Waals surface area contributed by atoms with E-state index in [4.69, 9.17) is 11.6 Å². The summed E-state index contributed by atoms with van der Waals surface area (Å²) in [5, 5.41) is 3.28. The molecule has 2 rings (SSSR count). The van der Waals surface area contributed by atoms with E-state index < -0.39 is 0 Å². The number of benzene rings is 1. The number of pyridine rings is 1. The number of aryl methyl sites for hydroxylation is 3. The van der Waals surface area contributed by atoms with Gasteiger partial charge in [-0.25, -0.2) is 0 Å². The number of amides is 1. The quantitative estimate of drug-likeness (QED) is 0.916. The number of rotatable bonds is 3. The Bertz CT molecular complexity index is 750. The van der Waals surface area contributed by atoms with Crippen LogP contribution in [0.5, 0.6) is 0 Å². The van der Waals surface area contributed by atoms with Gasteiger partial charge in [-0.05, 0) is 50.1 Å². The van der Waals surface area contributed by atoms with Crippen LogP contribution < -0.4 is 10.9 Å². The van der Waals surface area contributed by atoms with Crippen molar-refractivity contribution in [1.29, 1.82) is 0 Å². The molecular weight excluding hydrogens is 288 g/mol. The van der Waals surface area contributed by atoms with E-state index in [0.29, 0.717) is 16.1 Å². The summed E-state index contributed by atoms with van der Waals surface area (Å²) in [6.07, 6.45) is 0. The zero-order chi connectivity index (χ0) is 15.6. The topological polar surface area (TPSA) is 62.0 Å². The number of halogens is 1. The molecule has 0 saturated heterocycles. The van der Waals surface area contributed by atoms with Crippen LogP contribution in [-0.4, -0.2) is 10.9 Å². The van der Waals surface area contributed by atoms with E-state index >= 15 is 0 Å². The van der Waals surface area contributed by atoms with E-state index in [-0.39, 0.29) is 18.0 Å². The summed E-state index contributed by atoms with van der Waals surface area (Å²) in [5.74, 6) is -0.241. The molecule has 5 heteroatoms. The van der Waals surface area contributed by atoms with Crippen molar-refractivity contribution in [3.63, 3.8) is 0 Å². The number of hydrogen-bond acceptors (Lipinski definition) is 2. The first kappa shape index (κ1) is 15.3. The number of H-pyrrole nitrogens is 1. The van der Waals surface area contributed by atoms with Crippen molar-refractivity contribution in [2.24, 2.45) is 0 Å². The Balaban J connectivity index is 2.19. The number of aromatic nitrogens is 1. The number of hydrogen-bond donors (Lipinski definition) is 2. The third-order valence-corrected chi connectivity index (χ3v) is 3.60. The van der Waals surface area contributed by atoms with Gasteiger partial charge in [0.2, 0.25) is 0 Å². The van der Waals surface area contributed by atoms with Gasteiger partial charge in [-0.3, -0.25) is 9.59 Å². The second-order valence-corrected chi connectivity index (χ2v) is 5.52. The molecule has 0 aliphatic rings. The van der Waals surface area contributed by atoms with Crippen molar-refractivity contribution in [3.8, 4) is 0 Å². The van der Waals surface area contributed by atoms with E-state index in [1.165, 1.54) is 0 Å². The van der Waals surface area contributed by atoms with Gasteiger partial charge in [0.1, 0.15) is 0 Å². The maximum absolute atomic E-state index is 12.2. The van der Waals surface area contributed by atoms with Gasteiger partial charge in [0.05, 0.1) is 0 Å². The molecule has 0 aliphatic carbocycles. The third kappa shape index (κ3) is 3.52. The van der Waals surface area contributed by atoms with E-state index in [9.17, 15) is 9.59 Å². The lowest BCUT2D eigenvalue weighted by molar-refractivity contribution is 0.0950. The Hall–Kier alpha value is -2.07. The molecule has 21 heavy (non-hydrogen) atoms. The maximum Gasteiger partial charge on any atom is 0.253 e. The molecule has 0 saturated carbocycles. The van der Waals surface area contributed by atoms with Crippen LogP contribution >= 0.6 is 11.6 Å². The van der Waals surface area contributed by atoms with Gasteiger partial charge in [-0.1, -0.05) is 17.7 Å². The van der Waals surface area contributed by atoms with E-state index in [1.54, 1.807) is 18.2 Å². The van der Waals surface area contributed by atoms with Crippen molar-refractivity contribution >= 4 is 17.5 Å². The zero-order valence-electron chi connectivity index (χ0n) is 12.2. The first-order valence-corrected chi connectivity index (χ1v) is 7.00. The summed E-state index contributed by atoms with van der Waals surface area (Å²) < 4.78 is 0. The fourth-order valence-electron chi connectivity index (χ4n) is 2.20. The Morgan fingerprint density at radius 2 is 1.90 bits per heavy atom. The molecule has 1 heterocycles. The van der Waals surface area contributed by atoms with Gasteiger partial charge < -0.3 is 10.3 Å². The van der Waals surface area contributed by atoms with Crippen molar-refractivity contribution in [3.05, 3.63) is 67.6 Å². The normalized spacial score (nSPS) is 10.5. The van der Waals surface area contributed by atoms with E-state index in [1.807, 2.05) is 26.8 Å². The Kier molecular flexibility index (Phi) is 4.48. The second kappa shape index (κ2) is 6.14. The average molecular weight is 305 g/mol.